The molecule has 1 amide bonds. The van der Waals surface area contributed by atoms with Crippen LogP contribution in [-0.4, -0.2) is 29.5 Å². The Morgan fingerprint density at radius 3 is 2.57 bits per heavy atom. The molecule has 1 aliphatic carbocycles. The fourth-order valence-corrected chi connectivity index (χ4v) is 3.41. The molecule has 2 rings (SSSR count). The van der Waals surface area contributed by atoms with Gasteiger partial charge in [-0.15, -0.1) is 0 Å². The zero-order chi connectivity index (χ0) is 17.0. The van der Waals surface area contributed by atoms with E-state index in [2.05, 4.69) is 6.07 Å². The third-order valence-electron chi connectivity index (χ3n) is 4.41. The lowest BCUT2D eigenvalue weighted by atomic mass is 9.81. The summed E-state index contributed by atoms with van der Waals surface area (Å²) in [5, 5.41) is 10.4. The smallest absolute Gasteiger partial charge is 0.264 e. The van der Waals surface area contributed by atoms with Gasteiger partial charge in [0.05, 0.1) is 11.1 Å². The second-order valence-corrected chi connectivity index (χ2v) is 6.78. The molecule has 1 aliphatic rings. The predicted octanol–water partition coefficient (Wildman–Crippen LogP) is 4.45. The van der Waals surface area contributed by atoms with Crippen molar-refractivity contribution in [1.29, 1.82) is 5.26 Å². The minimum absolute atomic E-state index is 0.223. The van der Waals surface area contributed by atoms with Crippen LogP contribution < -0.4 is 4.74 Å². The Morgan fingerprint density at radius 2 is 2.00 bits per heavy atom. The number of hydrogen-bond donors (Lipinski definition) is 0. The summed E-state index contributed by atoms with van der Waals surface area (Å²) < 4.78 is 5.67. The summed E-state index contributed by atoms with van der Waals surface area (Å²) in [5.74, 6) is 0.180. The maximum Gasteiger partial charge on any atom is 0.264 e. The zero-order valence-corrected chi connectivity index (χ0v) is 14.8. The summed E-state index contributed by atoms with van der Waals surface area (Å²) in [6.45, 7) is 1.66. The number of amides is 1. The number of ether oxygens (including phenoxy) is 1. The SMILES string of the molecule is C[C@H](Oc1ccc(Cl)cc1Cl)C(=O)N(C)C1(C#N)CCCCC1. The minimum atomic E-state index is -0.731. The molecule has 6 heteroatoms. The molecular formula is C17H20Cl2N2O2. The van der Waals surface area contributed by atoms with Crippen LogP contribution in [0.4, 0.5) is 0 Å². The summed E-state index contributed by atoms with van der Waals surface area (Å²) in [4.78, 5) is 14.2. The van der Waals surface area contributed by atoms with Crippen LogP contribution >= 0.6 is 23.2 Å². The van der Waals surface area contributed by atoms with Gasteiger partial charge in [0.25, 0.3) is 5.91 Å². The van der Waals surface area contributed by atoms with Crippen LogP contribution in [0.5, 0.6) is 5.75 Å². The van der Waals surface area contributed by atoms with Crippen molar-refractivity contribution >= 4 is 29.1 Å². The van der Waals surface area contributed by atoms with Crippen molar-refractivity contribution < 1.29 is 9.53 Å². The fraction of sp³-hybridized carbons (Fsp3) is 0.529. The maximum atomic E-state index is 12.7. The Labute approximate surface area is 146 Å². The Balaban J connectivity index is 2.10. The fourth-order valence-electron chi connectivity index (χ4n) is 2.95. The highest BCUT2D eigenvalue weighted by Crippen LogP contribution is 2.33. The summed E-state index contributed by atoms with van der Waals surface area (Å²) in [6.07, 6.45) is 3.72. The molecule has 23 heavy (non-hydrogen) atoms. The molecule has 4 nitrogen and oxygen atoms in total. The summed E-state index contributed by atoms with van der Waals surface area (Å²) >= 11 is 11.9. The lowest BCUT2D eigenvalue weighted by molar-refractivity contribution is -0.141. The van der Waals surface area contributed by atoms with Gasteiger partial charge in [0.15, 0.2) is 6.10 Å². The van der Waals surface area contributed by atoms with Crippen LogP contribution in [0.25, 0.3) is 0 Å². The highest BCUT2D eigenvalue weighted by atomic mass is 35.5. The van der Waals surface area contributed by atoms with Crippen molar-refractivity contribution in [3.05, 3.63) is 28.2 Å². The molecule has 0 spiro atoms. The van der Waals surface area contributed by atoms with Crippen molar-refractivity contribution in [3.63, 3.8) is 0 Å². The van der Waals surface area contributed by atoms with Gasteiger partial charge in [0.1, 0.15) is 11.3 Å². The molecule has 1 aromatic carbocycles. The number of carbonyl (C=O) groups is 1. The van der Waals surface area contributed by atoms with Crippen molar-refractivity contribution in [1.82, 2.24) is 4.90 Å². The Kier molecular flexibility index (Phi) is 5.78. The molecule has 0 unspecified atom stereocenters. The number of nitrogens with zero attached hydrogens (tertiary/aromatic N) is 2. The molecule has 1 fully saturated rings. The van der Waals surface area contributed by atoms with E-state index in [1.54, 1.807) is 37.1 Å². The van der Waals surface area contributed by atoms with Gasteiger partial charge in [-0.2, -0.15) is 5.26 Å². The van der Waals surface area contributed by atoms with Gasteiger partial charge < -0.3 is 9.64 Å². The van der Waals surface area contributed by atoms with Crippen LogP contribution in [0.1, 0.15) is 39.0 Å². The molecule has 1 atom stereocenters. The summed E-state index contributed by atoms with van der Waals surface area (Å²) in [5.41, 5.74) is -0.725. The topological polar surface area (TPSA) is 53.3 Å². The molecule has 0 heterocycles. The molecule has 0 radical (unpaired) electrons. The van der Waals surface area contributed by atoms with E-state index in [0.717, 1.165) is 19.3 Å². The summed E-state index contributed by atoms with van der Waals surface area (Å²) in [6, 6.07) is 7.20. The third kappa shape index (κ3) is 3.91. The van der Waals surface area contributed by atoms with E-state index in [1.807, 2.05) is 0 Å². The minimum Gasteiger partial charge on any atom is -0.479 e. The summed E-state index contributed by atoms with van der Waals surface area (Å²) in [7, 11) is 1.68. The van der Waals surface area contributed by atoms with Gasteiger partial charge in [0, 0.05) is 12.1 Å². The van der Waals surface area contributed by atoms with Crippen LogP contribution in [0.2, 0.25) is 10.0 Å². The maximum absolute atomic E-state index is 12.7. The second-order valence-electron chi connectivity index (χ2n) is 5.94. The zero-order valence-electron chi connectivity index (χ0n) is 13.3. The van der Waals surface area contributed by atoms with Gasteiger partial charge in [-0.05, 0) is 38.0 Å². The van der Waals surface area contributed by atoms with Gasteiger partial charge in [-0.3, -0.25) is 4.79 Å². The van der Waals surface area contributed by atoms with E-state index in [1.165, 1.54) is 0 Å². The van der Waals surface area contributed by atoms with E-state index in [0.29, 0.717) is 28.6 Å². The standard InChI is InChI=1S/C17H20Cl2N2O2/c1-12(23-15-7-6-13(18)10-14(15)19)16(22)21(2)17(11-20)8-4-3-5-9-17/h6-7,10,12H,3-5,8-9H2,1-2H3/t12-/m0/s1. The van der Waals surface area contributed by atoms with Gasteiger partial charge >= 0.3 is 0 Å². The first kappa shape index (κ1) is 17.9. The number of carbonyl (C=O) groups excluding carboxylic acids is 1. The highest BCUT2D eigenvalue weighted by Gasteiger charge is 2.40. The average Bonchev–Trinajstić information content (AvgIpc) is 2.56. The number of hydrogen-bond acceptors (Lipinski definition) is 3. The molecule has 0 N–H and O–H groups in total. The Bertz CT molecular complexity index is 622. The molecule has 0 bridgehead atoms. The number of benzene rings is 1. The van der Waals surface area contributed by atoms with Crippen molar-refractivity contribution in [2.75, 3.05) is 7.05 Å². The monoisotopic (exact) mass is 354 g/mol. The van der Waals surface area contributed by atoms with Crippen LogP contribution in [0.15, 0.2) is 18.2 Å². The van der Waals surface area contributed by atoms with Crippen LogP contribution in [0.3, 0.4) is 0 Å². The molecule has 0 aliphatic heterocycles. The lowest BCUT2D eigenvalue weighted by Crippen LogP contribution is -2.53. The van der Waals surface area contributed by atoms with E-state index >= 15 is 0 Å². The number of likely N-dealkylation sites (N-methyl/N-ethyl adjacent to an activating group) is 1. The van der Waals surface area contributed by atoms with E-state index in [4.69, 9.17) is 27.9 Å². The first-order valence-corrected chi connectivity index (χ1v) is 8.46. The van der Waals surface area contributed by atoms with Crippen molar-refractivity contribution in [3.8, 4) is 11.8 Å². The molecule has 1 aromatic rings. The number of nitriles is 1. The van der Waals surface area contributed by atoms with Gasteiger partial charge in [-0.1, -0.05) is 42.5 Å². The number of halogens is 2. The van der Waals surface area contributed by atoms with E-state index in [9.17, 15) is 10.1 Å². The van der Waals surface area contributed by atoms with Gasteiger partial charge in [-0.25, -0.2) is 0 Å². The normalized spacial score (nSPS) is 17.9. The largest absolute Gasteiger partial charge is 0.479 e. The molecule has 0 saturated heterocycles. The van der Waals surface area contributed by atoms with Crippen molar-refractivity contribution in [2.45, 2.75) is 50.7 Å². The second kappa shape index (κ2) is 7.42. The van der Waals surface area contributed by atoms with Crippen molar-refractivity contribution in [2.24, 2.45) is 0 Å². The van der Waals surface area contributed by atoms with E-state index < -0.39 is 11.6 Å². The Hall–Kier alpha value is -1.44. The molecular weight excluding hydrogens is 335 g/mol. The average molecular weight is 355 g/mol. The molecule has 0 aromatic heterocycles. The van der Waals surface area contributed by atoms with Crippen LogP contribution in [0, 0.1) is 11.3 Å². The highest BCUT2D eigenvalue weighted by molar-refractivity contribution is 6.35. The quantitative estimate of drug-likeness (QED) is 0.802. The lowest BCUT2D eigenvalue weighted by Gasteiger charge is -2.40. The first-order valence-electron chi connectivity index (χ1n) is 7.70. The first-order chi connectivity index (χ1) is 10.9. The molecule has 1 saturated carbocycles. The third-order valence-corrected chi connectivity index (χ3v) is 4.94. The van der Waals surface area contributed by atoms with E-state index in [-0.39, 0.29) is 5.91 Å². The Morgan fingerprint density at radius 1 is 1.35 bits per heavy atom. The molecule has 124 valence electrons. The number of rotatable bonds is 4. The predicted molar refractivity (Wildman–Crippen MR) is 90.8 cm³/mol. The van der Waals surface area contributed by atoms with Crippen LogP contribution in [-0.2, 0) is 4.79 Å². The van der Waals surface area contributed by atoms with Gasteiger partial charge in [0.2, 0.25) is 0 Å².